The predicted molar refractivity (Wildman–Crippen MR) is 74.7 cm³/mol. The molecular formula is C15H33N. The number of hydrogen-bond acceptors (Lipinski definition) is 1. The first-order chi connectivity index (χ1) is 7.25. The molecule has 0 aliphatic rings. The van der Waals surface area contributed by atoms with E-state index in [-0.39, 0.29) is 0 Å². The standard InChI is InChI=1S/C15H33N/c1-11(2)14(7)9-16(13(5)6)10-15(8)12(3)4/h11-15H,9-10H2,1-8H3. The molecule has 0 radical (unpaired) electrons. The SMILES string of the molecule is CC(C)C(C)CN(CC(C)C(C)C)C(C)C. The van der Waals surface area contributed by atoms with Gasteiger partial charge in [-0.2, -0.15) is 0 Å². The molecule has 1 heteroatoms. The van der Waals surface area contributed by atoms with Crippen LogP contribution in [0.3, 0.4) is 0 Å². The summed E-state index contributed by atoms with van der Waals surface area (Å²) >= 11 is 0. The van der Waals surface area contributed by atoms with Crippen molar-refractivity contribution in [3.8, 4) is 0 Å². The Morgan fingerprint density at radius 2 is 0.938 bits per heavy atom. The van der Waals surface area contributed by atoms with Gasteiger partial charge >= 0.3 is 0 Å². The van der Waals surface area contributed by atoms with Gasteiger partial charge in [0.25, 0.3) is 0 Å². The van der Waals surface area contributed by atoms with Gasteiger partial charge in [-0.1, -0.05) is 41.5 Å². The molecule has 0 bridgehead atoms. The maximum atomic E-state index is 2.65. The monoisotopic (exact) mass is 227 g/mol. The minimum atomic E-state index is 0.669. The first-order valence-electron chi connectivity index (χ1n) is 6.99. The molecule has 2 unspecified atom stereocenters. The van der Waals surface area contributed by atoms with E-state index in [4.69, 9.17) is 0 Å². The van der Waals surface area contributed by atoms with Crippen molar-refractivity contribution in [3.63, 3.8) is 0 Å². The topological polar surface area (TPSA) is 3.24 Å². The van der Waals surface area contributed by atoms with E-state index in [0.717, 1.165) is 23.7 Å². The molecule has 16 heavy (non-hydrogen) atoms. The zero-order valence-corrected chi connectivity index (χ0v) is 12.7. The van der Waals surface area contributed by atoms with Crippen molar-refractivity contribution >= 4 is 0 Å². The molecule has 0 aromatic carbocycles. The zero-order chi connectivity index (χ0) is 12.9. The fourth-order valence-corrected chi connectivity index (χ4v) is 1.66. The predicted octanol–water partition coefficient (Wildman–Crippen LogP) is 4.28. The summed E-state index contributed by atoms with van der Waals surface area (Å²) in [5.74, 6) is 3.16. The summed E-state index contributed by atoms with van der Waals surface area (Å²) in [6, 6.07) is 0.669. The molecule has 0 aliphatic heterocycles. The minimum absolute atomic E-state index is 0.669. The van der Waals surface area contributed by atoms with Crippen molar-refractivity contribution in [3.05, 3.63) is 0 Å². The fourth-order valence-electron chi connectivity index (χ4n) is 1.66. The van der Waals surface area contributed by atoms with E-state index in [2.05, 4.69) is 60.3 Å². The summed E-state index contributed by atoms with van der Waals surface area (Å²) < 4.78 is 0. The second kappa shape index (κ2) is 7.32. The molecule has 0 fully saturated rings. The molecule has 2 atom stereocenters. The maximum Gasteiger partial charge on any atom is 0.00388 e. The highest BCUT2D eigenvalue weighted by molar-refractivity contribution is 4.72. The van der Waals surface area contributed by atoms with Crippen molar-refractivity contribution in [1.29, 1.82) is 0 Å². The molecule has 0 aromatic heterocycles. The van der Waals surface area contributed by atoms with Gasteiger partial charge in [0.2, 0.25) is 0 Å². The second-order valence-corrected chi connectivity index (χ2v) is 6.49. The first-order valence-corrected chi connectivity index (χ1v) is 6.99. The van der Waals surface area contributed by atoms with E-state index in [9.17, 15) is 0 Å². The van der Waals surface area contributed by atoms with Gasteiger partial charge in [0, 0.05) is 19.1 Å². The van der Waals surface area contributed by atoms with Gasteiger partial charge in [0.05, 0.1) is 0 Å². The van der Waals surface area contributed by atoms with Gasteiger partial charge in [0.15, 0.2) is 0 Å². The van der Waals surface area contributed by atoms with E-state index < -0.39 is 0 Å². The van der Waals surface area contributed by atoms with E-state index in [0.29, 0.717) is 6.04 Å². The van der Waals surface area contributed by atoms with Gasteiger partial charge in [-0.15, -0.1) is 0 Å². The smallest absolute Gasteiger partial charge is 0.00388 e. The minimum Gasteiger partial charge on any atom is -0.300 e. The third kappa shape index (κ3) is 5.89. The van der Waals surface area contributed by atoms with Crippen molar-refractivity contribution < 1.29 is 0 Å². The van der Waals surface area contributed by atoms with Crippen molar-refractivity contribution in [2.24, 2.45) is 23.7 Å². The summed E-state index contributed by atoms with van der Waals surface area (Å²) in [6.45, 7) is 21.2. The zero-order valence-electron chi connectivity index (χ0n) is 12.7. The highest BCUT2D eigenvalue weighted by atomic mass is 15.1. The summed E-state index contributed by atoms with van der Waals surface area (Å²) in [4.78, 5) is 2.65. The van der Waals surface area contributed by atoms with Gasteiger partial charge in [-0.05, 0) is 37.5 Å². The third-order valence-corrected chi connectivity index (χ3v) is 4.05. The van der Waals surface area contributed by atoms with E-state index in [1.165, 1.54) is 13.1 Å². The third-order valence-electron chi connectivity index (χ3n) is 4.05. The van der Waals surface area contributed by atoms with Crippen LogP contribution in [0.4, 0.5) is 0 Å². The Morgan fingerprint density at radius 3 is 1.12 bits per heavy atom. The highest BCUT2D eigenvalue weighted by Crippen LogP contribution is 2.17. The summed E-state index contributed by atoms with van der Waals surface area (Å²) in [5, 5.41) is 0. The molecule has 0 N–H and O–H groups in total. The van der Waals surface area contributed by atoms with E-state index in [1.54, 1.807) is 0 Å². The van der Waals surface area contributed by atoms with Crippen LogP contribution in [0.5, 0.6) is 0 Å². The molecule has 0 rings (SSSR count). The summed E-state index contributed by atoms with van der Waals surface area (Å²) in [6.07, 6.45) is 0. The largest absolute Gasteiger partial charge is 0.300 e. The Bertz CT molecular complexity index is 156. The van der Waals surface area contributed by atoms with Crippen molar-refractivity contribution in [2.75, 3.05) is 13.1 Å². The number of nitrogens with zero attached hydrogens (tertiary/aromatic N) is 1. The quantitative estimate of drug-likeness (QED) is 0.627. The van der Waals surface area contributed by atoms with Crippen LogP contribution < -0.4 is 0 Å². The van der Waals surface area contributed by atoms with Gasteiger partial charge in [0.1, 0.15) is 0 Å². The molecule has 0 aromatic rings. The van der Waals surface area contributed by atoms with E-state index in [1.807, 2.05) is 0 Å². The molecule has 0 saturated heterocycles. The Kier molecular flexibility index (Phi) is 7.30. The summed E-state index contributed by atoms with van der Waals surface area (Å²) in [5.41, 5.74) is 0. The van der Waals surface area contributed by atoms with Crippen molar-refractivity contribution in [2.45, 2.75) is 61.4 Å². The average molecular weight is 227 g/mol. The van der Waals surface area contributed by atoms with E-state index >= 15 is 0 Å². The Hall–Kier alpha value is -0.0400. The molecule has 1 nitrogen and oxygen atoms in total. The normalized spacial score (nSPS) is 16.5. The summed E-state index contributed by atoms with van der Waals surface area (Å²) in [7, 11) is 0. The van der Waals surface area contributed by atoms with Crippen molar-refractivity contribution in [1.82, 2.24) is 4.90 Å². The fraction of sp³-hybridized carbons (Fsp3) is 1.00. The van der Waals surface area contributed by atoms with Crippen LogP contribution in [-0.4, -0.2) is 24.0 Å². The second-order valence-electron chi connectivity index (χ2n) is 6.49. The van der Waals surface area contributed by atoms with Crippen LogP contribution in [0, 0.1) is 23.7 Å². The molecule has 0 saturated carbocycles. The lowest BCUT2D eigenvalue weighted by molar-refractivity contribution is 0.139. The first kappa shape index (κ1) is 16.0. The molecule has 0 heterocycles. The Balaban J connectivity index is 4.28. The van der Waals surface area contributed by atoms with Crippen LogP contribution in [0.2, 0.25) is 0 Å². The average Bonchev–Trinajstić information content (AvgIpc) is 2.15. The molecule has 0 amide bonds. The molecule has 0 aliphatic carbocycles. The lowest BCUT2D eigenvalue weighted by Gasteiger charge is -2.34. The number of hydrogen-bond donors (Lipinski definition) is 0. The molecular weight excluding hydrogens is 194 g/mol. The Labute approximate surface area is 104 Å². The Morgan fingerprint density at radius 1 is 0.625 bits per heavy atom. The lowest BCUT2D eigenvalue weighted by Crippen LogP contribution is -2.39. The van der Waals surface area contributed by atoms with Gasteiger partial charge in [-0.3, -0.25) is 0 Å². The number of rotatable bonds is 7. The van der Waals surface area contributed by atoms with Gasteiger partial charge in [-0.25, -0.2) is 0 Å². The highest BCUT2D eigenvalue weighted by Gasteiger charge is 2.19. The van der Waals surface area contributed by atoms with Crippen LogP contribution >= 0.6 is 0 Å². The van der Waals surface area contributed by atoms with Gasteiger partial charge < -0.3 is 4.90 Å². The van der Waals surface area contributed by atoms with Crippen LogP contribution in [0.25, 0.3) is 0 Å². The maximum absolute atomic E-state index is 2.65. The van der Waals surface area contributed by atoms with Crippen LogP contribution in [0.15, 0.2) is 0 Å². The molecule has 98 valence electrons. The molecule has 0 spiro atoms. The van der Waals surface area contributed by atoms with Crippen LogP contribution in [-0.2, 0) is 0 Å². The lowest BCUT2D eigenvalue weighted by atomic mass is 9.94. The van der Waals surface area contributed by atoms with Crippen LogP contribution in [0.1, 0.15) is 55.4 Å².